The molecular formula is C13H15NO2. The molecule has 0 aliphatic rings. The zero-order valence-corrected chi connectivity index (χ0v) is 9.13. The third kappa shape index (κ3) is 4.37. The Morgan fingerprint density at radius 1 is 1.00 bits per heavy atom. The van der Waals surface area contributed by atoms with Gasteiger partial charge in [0.25, 0.3) is 0 Å². The number of hydrogen-bond donors (Lipinski definition) is 2. The number of phenolic OH excluding ortho intramolecular Hbond substituents is 1. The summed E-state index contributed by atoms with van der Waals surface area (Å²) in [5.74, 6) is 1.12. The molecule has 84 valence electrons. The van der Waals surface area contributed by atoms with E-state index in [9.17, 15) is 0 Å². The summed E-state index contributed by atoms with van der Waals surface area (Å²) >= 11 is 0. The zero-order valence-electron chi connectivity index (χ0n) is 9.13. The normalized spacial score (nSPS) is 8.81. The Morgan fingerprint density at radius 2 is 1.69 bits per heavy atom. The fourth-order valence-electron chi connectivity index (χ4n) is 1.07. The van der Waals surface area contributed by atoms with E-state index in [-0.39, 0.29) is 0 Å². The van der Waals surface area contributed by atoms with Crippen LogP contribution in [0.15, 0.2) is 54.6 Å². The van der Waals surface area contributed by atoms with Crippen LogP contribution in [0.25, 0.3) is 0 Å². The molecule has 3 nitrogen and oxygen atoms in total. The number of rotatable bonds is 1. The van der Waals surface area contributed by atoms with Crippen molar-refractivity contribution in [3.63, 3.8) is 0 Å². The van der Waals surface area contributed by atoms with Crippen molar-refractivity contribution in [2.24, 2.45) is 0 Å². The van der Waals surface area contributed by atoms with Crippen LogP contribution < -0.4 is 10.5 Å². The largest absolute Gasteiger partial charge is 0.508 e. The molecule has 2 aromatic carbocycles. The Kier molecular flexibility index (Phi) is 4.73. The summed E-state index contributed by atoms with van der Waals surface area (Å²) in [7, 11) is 1.62. The van der Waals surface area contributed by atoms with Crippen LogP contribution in [0.2, 0.25) is 0 Å². The van der Waals surface area contributed by atoms with Crippen molar-refractivity contribution < 1.29 is 9.84 Å². The maximum atomic E-state index is 8.63. The van der Waals surface area contributed by atoms with Gasteiger partial charge in [-0.15, -0.1) is 0 Å². The Bertz CT molecular complexity index is 415. The van der Waals surface area contributed by atoms with Crippen molar-refractivity contribution in [1.29, 1.82) is 0 Å². The lowest BCUT2D eigenvalue weighted by molar-refractivity contribution is 0.415. The molecule has 0 fully saturated rings. The highest BCUT2D eigenvalue weighted by Gasteiger charge is 1.87. The Hall–Kier alpha value is -2.16. The Balaban J connectivity index is 0.000000165. The van der Waals surface area contributed by atoms with E-state index in [0.29, 0.717) is 5.75 Å². The highest BCUT2D eigenvalue weighted by molar-refractivity contribution is 5.43. The molecule has 0 aliphatic heterocycles. The molecule has 0 aromatic heterocycles. The minimum Gasteiger partial charge on any atom is -0.508 e. The predicted octanol–water partition coefficient (Wildman–Crippen LogP) is 2.67. The summed E-state index contributed by atoms with van der Waals surface area (Å²) < 4.78 is 4.92. The van der Waals surface area contributed by atoms with E-state index in [2.05, 4.69) is 0 Å². The first-order valence-corrected chi connectivity index (χ1v) is 4.86. The predicted molar refractivity (Wildman–Crippen MR) is 65.5 cm³/mol. The lowest BCUT2D eigenvalue weighted by atomic mass is 10.3. The first-order chi connectivity index (χ1) is 7.72. The second kappa shape index (κ2) is 6.35. The van der Waals surface area contributed by atoms with Gasteiger partial charge in [-0.2, -0.15) is 0 Å². The van der Waals surface area contributed by atoms with E-state index >= 15 is 0 Å². The standard InChI is InChI=1S/C7H9NO.C6H6O/c1-9-7-4-2-3-6(8)5-7;7-6-4-2-1-3-5-6/h2-5H,8H2,1H3;1-5,7H. The first kappa shape index (κ1) is 11.9. The molecule has 0 amide bonds. The molecular weight excluding hydrogens is 202 g/mol. The molecule has 2 aromatic rings. The van der Waals surface area contributed by atoms with Gasteiger partial charge in [-0.3, -0.25) is 0 Å². The van der Waals surface area contributed by atoms with Gasteiger partial charge >= 0.3 is 0 Å². The van der Waals surface area contributed by atoms with Gasteiger partial charge in [0.1, 0.15) is 11.5 Å². The number of hydrogen-bond acceptors (Lipinski definition) is 3. The molecule has 2 rings (SSSR count). The van der Waals surface area contributed by atoms with E-state index in [1.54, 1.807) is 37.4 Å². The molecule has 0 unspecified atom stereocenters. The Morgan fingerprint density at radius 3 is 2.06 bits per heavy atom. The number of para-hydroxylation sites is 1. The zero-order chi connectivity index (χ0) is 11.8. The number of nitrogen functional groups attached to an aromatic ring is 1. The monoisotopic (exact) mass is 217 g/mol. The van der Waals surface area contributed by atoms with Crippen LogP contribution in [-0.2, 0) is 0 Å². The van der Waals surface area contributed by atoms with Gasteiger partial charge < -0.3 is 15.6 Å². The summed E-state index contributed by atoms with van der Waals surface area (Å²) in [5.41, 5.74) is 6.19. The number of nitrogens with two attached hydrogens (primary N) is 1. The van der Waals surface area contributed by atoms with E-state index in [1.165, 1.54) is 0 Å². The molecule has 0 spiro atoms. The van der Waals surface area contributed by atoms with Crippen LogP contribution in [0.4, 0.5) is 5.69 Å². The van der Waals surface area contributed by atoms with Crippen LogP contribution in [0.5, 0.6) is 11.5 Å². The van der Waals surface area contributed by atoms with Gasteiger partial charge in [-0.25, -0.2) is 0 Å². The van der Waals surface area contributed by atoms with Gasteiger partial charge in [0.15, 0.2) is 0 Å². The minimum atomic E-state index is 0.322. The molecule has 0 atom stereocenters. The van der Waals surface area contributed by atoms with Crippen LogP contribution in [0.1, 0.15) is 0 Å². The van der Waals surface area contributed by atoms with Crippen molar-refractivity contribution in [3.8, 4) is 11.5 Å². The van der Waals surface area contributed by atoms with Crippen molar-refractivity contribution in [3.05, 3.63) is 54.6 Å². The summed E-state index contributed by atoms with van der Waals surface area (Å²) in [4.78, 5) is 0. The smallest absolute Gasteiger partial charge is 0.120 e. The molecule has 16 heavy (non-hydrogen) atoms. The summed E-state index contributed by atoms with van der Waals surface area (Å²) in [6.07, 6.45) is 0. The second-order valence-electron chi connectivity index (χ2n) is 3.11. The molecule has 0 saturated carbocycles. The number of anilines is 1. The van der Waals surface area contributed by atoms with Gasteiger partial charge in [0.05, 0.1) is 7.11 Å². The summed E-state index contributed by atoms with van der Waals surface area (Å²) in [5, 5.41) is 8.63. The second-order valence-corrected chi connectivity index (χ2v) is 3.11. The maximum Gasteiger partial charge on any atom is 0.120 e. The van der Waals surface area contributed by atoms with E-state index in [1.807, 2.05) is 24.3 Å². The van der Waals surface area contributed by atoms with Crippen LogP contribution in [0.3, 0.4) is 0 Å². The van der Waals surface area contributed by atoms with E-state index in [0.717, 1.165) is 11.4 Å². The summed E-state index contributed by atoms with van der Waals surface area (Å²) in [6.45, 7) is 0. The number of methoxy groups -OCH3 is 1. The van der Waals surface area contributed by atoms with Crippen LogP contribution in [0, 0.1) is 0 Å². The number of phenols is 1. The highest BCUT2D eigenvalue weighted by atomic mass is 16.5. The number of ether oxygens (including phenoxy) is 1. The number of aromatic hydroxyl groups is 1. The third-order valence-electron chi connectivity index (χ3n) is 1.85. The van der Waals surface area contributed by atoms with Gasteiger partial charge in [-0.1, -0.05) is 24.3 Å². The molecule has 0 aliphatic carbocycles. The molecule has 3 heteroatoms. The van der Waals surface area contributed by atoms with Crippen molar-refractivity contribution in [2.45, 2.75) is 0 Å². The lowest BCUT2D eigenvalue weighted by Crippen LogP contribution is -1.86. The van der Waals surface area contributed by atoms with Crippen LogP contribution >= 0.6 is 0 Å². The maximum absolute atomic E-state index is 8.63. The fraction of sp³-hybridized carbons (Fsp3) is 0.0769. The van der Waals surface area contributed by atoms with E-state index < -0.39 is 0 Å². The molecule has 0 heterocycles. The SMILES string of the molecule is COc1cccc(N)c1.Oc1ccccc1. The lowest BCUT2D eigenvalue weighted by Gasteiger charge is -1.97. The van der Waals surface area contributed by atoms with Crippen molar-refractivity contribution in [2.75, 3.05) is 12.8 Å². The topological polar surface area (TPSA) is 55.5 Å². The average molecular weight is 217 g/mol. The third-order valence-corrected chi connectivity index (χ3v) is 1.85. The molecule has 3 N–H and O–H groups in total. The average Bonchev–Trinajstić information content (AvgIpc) is 2.31. The highest BCUT2D eigenvalue weighted by Crippen LogP contribution is 2.12. The first-order valence-electron chi connectivity index (χ1n) is 4.86. The fourth-order valence-corrected chi connectivity index (χ4v) is 1.07. The van der Waals surface area contributed by atoms with Crippen molar-refractivity contribution in [1.82, 2.24) is 0 Å². The molecule has 0 saturated heterocycles. The Labute approximate surface area is 95.1 Å². The van der Waals surface area contributed by atoms with Crippen molar-refractivity contribution >= 4 is 5.69 Å². The van der Waals surface area contributed by atoms with Crippen LogP contribution in [-0.4, -0.2) is 12.2 Å². The molecule has 0 bridgehead atoms. The molecule has 0 radical (unpaired) electrons. The minimum absolute atomic E-state index is 0.322. The van der Waals surface area contributed by atoms with Gasteiger partial charge in [0, 0.05) is 11.8 Å². The number of benzene rings is 2. The quantitative estimate of drug-likeness (QED) is 0.722. The summed E-state index contributed by atoms with van der Waals surface area (Å²) in [6, 6.07) is 16.0. The van der Waals surface area contributed by atoms with E-state index in [4.69, 9.17) is 15.6 Å². The van der Waals surface area contributed by atoms with Gasteiger partial charge in [-0.05, 0) is 24.3 Å². The van der Waals surface area contributed by atoms with Gasteiger partial charge in [0.2, 0.25) is 0 Å².